The summed E-state index contributed by atoms with van der Waals surface area (Å²) in [7, 11) is -2.62. The molecule has 26 heavy (non-hydrogen) atoms. The summed E-state index contributed by atoms with van der Waals surface area (Å²) < 4.78 is 28.6. The van der Waals surface area contributed by atoms with Crippen LogP contribution in [0.1, 0.15) is 23.0 Å². The van der Waals surface area contributed by atoms with Gasteiger partial charge in [-0.25, -0.2) is 8.42 Å². The molecule has 0 aliphatic heterocycles. The fourth-order valence-corrected chi connectivity index (χ4v) is 2.84. The minimum absolute atomic E-state index is 0.0554. The third-order valence-electron chi connectivity index (χ3n) is 3.38. The van der Waals surface area contributed by atoms with Crippen LogP contribution in [0.4, 0.5) is 0 Å². The summed E-state index contributed by atoms with van der Waals surface area (Å²) >= 11 is 0. The summed E-state index contributed by atoms with van der Waals surface area (Å²) in [6.07, 6.45) is 1.50. The minimum atomic E-state index is -3.80. The Hall–Kier alpha value is -2.69. The Bertz CT molecular complexity index is 847. The first-order valence-electron chi connectivity index (χ1n) is 7.59. The first kappa shape index (κ1) is 19.6. The van der Waals surface area contributed by atoms with Crippen molar-refractivity contribution in [3.63, 3.8) is 0 Å². The molecular formula is C16H19N3O6S. The fourth-order valence-electron chi connectivity index (χ4n) is 2.03. The average molecular weight is 381 g/mol. The van der Waals surface area contributed by atoms with Crippen molar-refractivity contribution in [2.45, 2.75) is 24.4 Å². The van der Waals surface area contributed by atoms with Crippen molar-refractivity contribution in [3.05, 3.63) is 54.0 Å². The minimum Gasteiger partial charge on any atom is -0.467 e. The van der Waals surface area contributed by atoms with E-state index in [9.17, 15) is 18.0 Å². The Morgan fingerprint density at radius 3 is 2.46 bits per heavy atom. The van der Waals surface area contributed by atoms with Gasteiger partial charge < -0.3 is 15.1 Å². The Morgan fingerprint density at radius 1 is 1.19 bits per heavy atom. The molecule has 1 aromatic carbocycles. The van der Waals surface area contributed by atoms with E-state index in [2.05, 4.69) is 15.5 Å². The summed E-state index contributed by atoms with van der Waals surface area (Å²) in [6.45, 7) is 1.75. The van der Waals surface area contributed by atoms with Crippen molar-refractivity contribution in [2.24, 2.45) is 0 Å². The van der Waals surface area contributed by atoms with Gasteiger partial charge in [-0.3, -0.25) is 14.4 Å². The number of sulfonamides is 1. The Labute approximate surface area is 150 Å². The lowest BCUT2D eigenvalue weighted by Crippen LogP contribution is -2.44. The van der Waals surface area contributed by atoms with Crippen LogP contribution in [-0.4, -0.2) is 33.4 Å². The van der Waals surface area contributed by atoms with E-state index >= 15 is 0 Å². The maximum absolute atomic E-state index is 12.2. The number of rotatable bonds is 8. The van der Waals surface area contributed by atoms with Crippen LogP contribution in [-0.2, 0) is 26.2 Å². The number of amides is 2. The molecule has 140 valence electrons. The normalized spacial score (nSPS) is 12.4. The molecule has 2 aromatic rings. The van der Waals surface area contributed by atoms with Crippen molar-refractivity contribution in [2.75, 3.05) is 7.11 Å². The molecule has 9 nitrogen and oxygen atoms in total. The second-order valence-corrected chi connectivity index (χ2v) is 6.95. The quantitative estimate of drug-likeness (QED) is 0.573. The third-order valence-corrected chi connectivity index (χ3v) is 4.66. The van der Waals surface area contributed by atoms with E-state index in [4.69, 9.17) is 4.42 Å². The van der Waals surface area contributed by atoms with Crippen molar-refractivity contribution in [1.29, 1.82) is 0 Å². The molecular weight excluding hydrogens is 362 g/mol. The van der Waals surface area contributed by atoms with Crippen LogP contribution in [0.5, 0.6) is 0 Å². The predicted octanol–water partition coefficient (Wildman–Crippen LogP) is 0.554. The molecule has 0 aliphatic carbocycles. The number of furan rings is 1. The highest BCUT2D eigenvalue weighted by atomic mass is 32.2. The van der Waals surface area contributed by atoms with Crippen LogP contribution in [0.15, 0.2) is 52.0 Å². The van der Waals surface area contributed by atoms with E-state index in [0.29, 0.717) is 5.76 Å². The number of carbonyl (C=O) groups excluding carboxylic acids is 2. The van der Waals surface area contributed by atoms with Crippen LogP contribution in [0.25, 0.3) is 0 Å². The summed E-state index contributed by atoms with van der Waals surface area (Å²) in [5, 5.41) is 5.17. The first-order chi connectivity index (χ1) is 12.3. The van der Waals surface area contributed by atoms with Gasteiger partial charge in [0.25, 0.3) is 15.9 Å². The van der Waals surface area contributed by atoms with Crippen molar-refractivity contribution in [3.8, 4) is 0 Å². The molecule has 1 aromatic heterocycles. The highest BCUT2D eigenvalue weighted by Gasteiger charge is 2.18. The Morgan fingerprint density at radius 2 is 1.88 bits per heavy atom. The molecule has 0 radical (unpaired) electrons. The van der Waals surface area contributed by atoms with E-state index < -0.39 is 22.0 Å². The van der Waals surface area contributed by atoms with Gasteiger partial charge in [-0.15, -0.1) is 0 Å². The third kappa shape index (κ3) is 5.15. The average Bonchev–Trinajstić information content (AvgIpc) is 3.13. The highest BCUT2D eigenvalue weighted by molar-refractivity contribution is 7.89. The lowest BCUT2D eigenvalue weighted by Gasteiger charge is -2.14. The first-order valence-corrected chi connectivity index (χ1v) is 9.07. The summed E-state index contributed by atoms with van der Waals surface area (Å²) in [6, 6.07) is 7.85. The van der Waals surface area contributed by atoms with E-state index in [1.54, 1.807) is 12.1 Å². The second kappa shape index (κ2) is 8.61. The zero-order chi connectivity index (χ0) is 19.2. The molecule has 10 heteroatoms. The summed E-state index contributed by atoms with van der Waals surface area (Å²) in [5.41, 5.74) is 0.215. The van der Waals surface area contributed by atoms with Gasteiger partial charge in [0.05, 0.1) is 24.8 Å². The molecule has 0 fully saturated rings. The molecule has 1 atom stereocenters. The van der Waals surface area contributed by atoms with Crippen LogP contribution in [0.2, 0.25) is 0 Å². The Kier molecular flexibility index (Phi) is 6.50. The van der Waals surface area contributed by atoms with Gasteiger partial charge in [-0.1, -0.05) is 4.89 Å². The van der Waals surface area contributed by atoms with Gasteiger partial charge in [0.2, 0.25) is 5.91 Å². The van der Waals surface area contributed by atoms with Crippen LogP contribution < -0.4 is 15.5 Å². The zero-order valence-electron chi connectivity index (χ0n) is 14.2. The topological polar surface area (TPSA) is 127 Å². The lowest BCUT2D eigenvalue weighted by atomic mass is 10.2. The van der Waals surface area contributed by atoms with E-state index in [-0.39, 0.29) is 22.9 Å². The van der Waals surface area contributed by atoms with E-state index in [1.807, 2.05) is 4.89 Å². The smallest absolute Gasteiger partial charge is 0.262 e. The summed E-state index contributed by atoms with van der Waals surface area (Å²) in [5.74, 6) is -0.286. The number of hydrogen-bond donors (Lipinski definition) is 3. The van der Waals surface area contributed by atoms with Gasteiger partial charge >= 0.3 is 0 Å². The number of carbonyl (C=O) groups is 2. The van der Waals surface area contributed by atoms with E-state index in [1.165, 1.54) is 44.6 Å². The maximum Gasteiger partial charge on any atom is 0.262 e. The molecule has 0 saturated carbocycles. The number of benzene rings is 1. The predicted molar refractivity (Wildman–Crippen MR) is 91.3 cm³/mol. The SMILES string of the molecule is CONS(=O)(=O)c1ccc(C(=O)NC(C)C(=O)NCc2ccco2)cc1. The standard InChI is InChI=1S/C16H19N3O6S/c1-11(15(20)17-10-13-4-3-9-25-13)18-16(21)12-5-7-14(8-6-12)26(22,23)19-24-2/h3-9,11,19H,10H2,1-2H3,(H,17,20)(H,18,21). The fraction of sp³-hybridized carbons (Fsp3) is 0.250. The maximum atomic E-state index is 12.2. The lowest BCUT2D eigenvalue weighted by molar-refractivity contribution is -0.122. The molecule has 0 spiro atoms. The van der Waals surface area contributed by atoms with Crippen molar-refractivity contribution in [1.82, 2.24) is 15.5 Å². The van der Waals surface area contributed by atoms with Crippen molar-refractivity contribution >= 4 is 21.8 Å². The molecule has 0 aliphatic rings. The van der Waals surface area contributed by atoms with Gasteiger partial charge in [-0.05, 0) is 43.3 Å². The molecule has 0 saturated heterocycles. The zero-order valence-corrected chi connectivity index (χ0v) is 15.0. The molecule has 2 rings (SSSR count). The largest absolute Gasteiger partial charge is 0.467 e. The van der Waals surface area contributed by atoms with Gasteiger partial charge in [0.1, 0.15) is 11.8 Å². The monoisotopic (exact) mass is 381 g/mol. The molecule has 2 amide bonds. The van der Waals surface area contributed by atoms with Crippen LogP contribution in [0, 0.1) is 0 Å². The van der Waals surface area contributed by atoms with Gasteiger partial charge in [-0.2, -0.15) is 0 Å². The van der Waals surface area contributed by atoms with Crippen LogP contribution in [0.3, 0.4) is 0 Å². The van der Waals surface area contributed by atoms with Crippen LogP contribution >= 0.6 is 0 Å². The molecule has 3 N–H and O–H groups in total. The molecule has 1 unspecified atom stereocenters. The number of nitrogens with one attached hydrogen (secondary N) is 3. The van der Waals surface area contributed by atoms with Crippen molar-refractivity contribution < 1.29 is 27.3 Å². The second-order valence-electron chi connectivity index (χ2n) is 5.31. The van der Waals surface area contributed by atoms with E-state index in [0.717, 1.165) is 0 Å². The number of hydrogen-bond acceptors (Lipinski definition) is 6. The molecule has 0 bridgehead atoms. The molecule has 1 heterocycles. The highest BCUT2D eigenvalue weighted by Crippen LogP contribution is 2.10. The van der Waals surface area contributed by atoms with Gasteiger partial charge in [0, 0.05) is 5.56 Å². The van der Waals surface area contributed by atoms with Gasteiger partial charge in [0.15, 0.2) is 0 Å². The summed E-state index contributed by atoms with van der Waals surface area (Å²) in [4.78, 5) is 30.4. The Balaban J connectivity index is 1.93.